The van der Waals surface area contributed by atoms with E-state index in [9.17, 15) is 0 Å². The Kier molecular flexibility index (Phi) is 3.23. The summed E-state index contributed by atoms with van der Waals surface area (Å²) in [6, 6.07) is 20.7. The Balaban J connectivity index is 1.54. The van der Waals surface area contributed by atoms with Crippen molar-refractivity contribution in [2.24, 2.45) is 0 Å². The van der Waals surface area contributed by atoms with Gasteiger partial charge < -0.3 is 4.74 Å². The van der Waals surface area contributed by atoms with Crippen LogP contribution >= 0.6 is 0 Å². The second kappa shape index (κ2) is 5.82. The maximum absolute atomic E-state index is 6.24. The highest BCUT2D eigenvalue weighted by Gasteiger charge is 2.17. The summed E-state index contributed by atoms with van der Waals surface area (Å²) in [6.45, 7) is 4.04. The quantitative estimate of drug-likeness (QED) is 0.388. The Bertz CT molecular complexity index is 1440. The van der Waals surface area contributed by atoms with Gasteiger partial charge in [0.15, 0.2) is 0 Å². The number of rotatable bonds is 2. The van der Waals surface area contributed by atoms with Gasteiger partial charge in [-0.2, -0.15) is 9.97 Å². The summed E-state index contributed by atoms with van der Waals surface area (Å²) in [5, 5.41) is 4.52. The second-order valence-corrected chi connectivity index (χ2v) is 7.30. The molecule has 6 rings (SSSR count). The van der Waals surface area contributed by atoms with Crippen molar-refractivity contribution in [2.45, 2.75) is 13.8 Å². The molecule has 0 aliphatic rings. The number of hydrogen-bond donors (Lipinski definition) is 0. The molecule has 5 nitrogen and oxygen atoms in total. The molecule has 0 saturated heterocycles. The Labute approximate surface area is 166 Å². The van der Waals surface area contributed by atoms with Crippen molar-refractivity contribution in [3.8, 4) is 11.8 Å². The third kappa shape index (κ3) is 2.27. The molecule has 29 heavy (non-hydrogen) atoms. The van der Waals surface area contributed by atoms with Gasteiger partial charge >= 0.3 is 0 Å². The highest BCUT2D eigenvalue weighted by molar-refractivity contribution is 5.95. The smallest absolute Gasteiger partial charge is 0.243 e. The molecular formula is C24H18N4O. The maximum Gasteiger partial charge on any atom is 0.243 e. The Morgan fingerprint density at radius 2 is 1.07 bits per heavy atom. The lowest BCUT2D eigenvalue weighted by Crippen LogP contribution is -1.91. The summed E-state index contributed by atoms with van der Waals surface area (Å²) in [4.78, 5) is 9.60. The first-order chi connectivity index (χ1) is 14.2. The van der Waals surface area contributed by atoms with Gasteiger partial charge in [-0.3, -0.25) is 8.80 Å². The van der Waals surface area contributed by atoms with Crippen LogP contribution in [-0.2, 0) is 0 Å². The van der Waals surface area contributed by atoms with Crippen molar-refractivity contribution in [2.75, 3.05) is 0 Å². The molecule has 0 fully saturated rings. The maximum atomic E-state index is 6.24. The third-order valence-electron chi connectivity index (χ3n) is 5.62. The van der Waals surface area contributed by atoms with Crippen molar-refractivity contribution in [1.29, 1.82) is 0 Å². The van der Waals surface area contributed by atoms with Gasteiger partial charge in [0.25, 0.3) is 0 Å². The van der Waals surface area contributed by atoms with Crippen LogP contribution in [0.1, 0.15) is 11.4 Å². The standard InChI is InChI=1S/C24H18N4O/c1-15-23(25-21-19-9-5-3-7-17(19)11-13-27(15)21)29-24-16(2)28-14-12-18-8-4-6-10-20(18)22(28)26-24/h3-14H,1-2H3. The lowest BCUT2D eigenvalue weighted by atomic mass is 10.2. The largest absolute Gasteiger partial charge is 0.417 e. The van der Waals surface area contributed by atoms with E-state index in [4.69, 9.17) is 14.7 Å². The first kappa shape index (κ1) is 16.1. The SMILES string of the molecule is Cc1c(Oc2nc3c4ccccc4ccn3c2C)nc2c3ccccc3ccn12. The number of hydrogen-bond acceptors (Lipinski definition) is 3. The molecular weight excluding hydrogens is 360 g/mol. The van der Waals surface area contributed by atoms with Crippen LogP contribution in [0, 0.1) is 13.8 Å². The predicted molar refractivity (Wildman–Crippen MR) is 115 cm³/mol. The Hall–Kier alpha value is -3.86. The van der Waals surface area contributed by atoms with E-state index in [1.54, 1.807) is 0 Å². The molecule has 0 unspecified atom stereocenters. The molecule has 5 heteroatoms. The Morgan fingerprint density at radius 1 is 0.621 bits per heavy atom. The third-order valence-corrected chi connectivity index (χ3v) is 5.62. The minimum atomic E-state index is 0.581. The summed E-state index contributed by atoms with van der Waals surface area (Å²) in [7, 11) is 0. The van der Waals surface area contributed by atoms with Crippen LogP contribution in [0.2, 0.25) is 0 Å². The summed E-state index contributed by atoms with van der Waals surface area (Å²) >= 11 is 0. The number of ether oxygens (including phenoxy) is 1. The van der Waals surface area contributed by atoms with Gasteiger partial charge in [0.2, 0.25) is 11.8 Å². The number of imidazole rings is 2. The van der Waals surface area contributed by atoms with Gasteiger partial charge in [0.1, 0.15) is 11.3 Å². The van der Waals surface area contributed by atoms with Crippen LogP contribution in [0.3, 0.4) is 0 Å². The van der Waals surface area contributed by atoms with Crippen LogP contribution in [0.4, 0.5) is 0 Å². The lowest BCUT2D eigenvalue weighted by molar-refractivity contribution is 0.443. The molecule has 0 radical (unpaired) electrons. The van der Waals surface area contributed by atoms with Crippen molar-refractivity contribution in [1.82, 2.24) is 18.8 Å². The van der Waals surface area contributed by atoms with Crippen molar-refractivity contribution in [3.63, 3.8) is 0 Å². The van der Waals surface area contributed by atoms with E-state index in [-0.39, 0.29) is 0 Å². The van der Waals surface area contributed by atoms with Crippen LogP contribution < -0.4 is 4.74 Å². The molecule has 4 heterocycles. The van der Waals surface area contributed by atoms with E-state index in [2.05, 4.69) is 45.2 Å². The van der Waals surface area contributed by atoms with Gasteiger partial charge in [0.05, 0.1) is 11.4 Å². The molecule has 4 aromatic heterocycles. The molecule has 0 spiro atoms. The van der Waals surface area contributed by atoms with Crippen molar-refractivity contribution >= 4 is 32.8 Å². The molecule has 0 saturated carbocycles. The number of pyridine rings is 2. The van der Waals surface area contributed by atoms with Crippen LogP contribution in [-0.4, -0.2) is 18.8 Å². The molecule has 0 amide bonds. The molecule has 0 atom stereocenters. The van der Waals surface area contributed by atoms with Crippen LogP contribution in [0.5, 0.6) is 11.8 Å². The number of fused-ring (bicyclic) bond motifs is 6. The molecule has 6 aromatic rings. The molecule has 0 N–H and O–H groups in total. The first-order valence-electron chi connectivity index (χ1n) is 9.61. The van der Waals surface area contributed by atoms with Crippen molar-refractivity contribution < 1.29 is 4.74 Å². The monoisotopic (exact) mass is 378 g/mol. The van der Waals surface area contributed by atoms with E-state index in [1.807, 2.05) is 50.5 Å². The van der Waals surface area contributed by atoms with Gasteiger partial charge in [-0.1, -0.05) is 48.5 Å². The lowest BCUT2D eigenvalue weighted by Gasteiger charge is -2.02. The zero-order valence-electron chi connectivity index (χ0n) is 16.1. The van der Waals surface area contributed by atoms with Crippen molar-refractivity contribution in [3.05, 3.63) is 84.4 Å². The van der Waals surface area contributed by atoms with E-state index < -0.39 is 0 Å². The fraction of sp³-hybridized carbons (Fsp3) is 0.0833. The zero-order valence-corrected chi connectivity index (χ0v) is 16.1. The minimum absolute atomic E-state index is 0.581. The summed E-state index contributed by atoms with van der Waals surface area (Å²) < 4.78 is 10.4. The van der Waals surface area contributed by atoms with Gasteiger partial charge in [-0.05, 0) is 36.8 Å². The number of aryl methyl sites for hydroxylation is 2. The van der Waals surface area contributed by atoms with E-state index >= 15 is 0 Å². The van der Waals surface area contributed by atoms with Gasteiger partial charge in [-0.25, -0.2) is 0 Å². The van der Waals surface area contributed by atoms with Crippen LogP contribution in [0.15, 0.2) is 73.1 Å². The molecule has 0 bridgehead atoms. The zero-order chi connectivity index (χ0) is 19.5. The molecule has 2 aromatic carbocycles. The van der Waals surface area contributed by atoms with Crippen LogP contribution in [0.25, 0.3) is 32.8 Å². The fourth-order valence-electron chi connectivity index (χ4n) is 4.02. The molecule has 0 aliphatic heterocycles. The van der Waals surface area contributed by atoms with E-state index in [0.29, 0.717) is 11.8 Å². The summed E-state index contributed by atoms with van der Waals surface area (Å²) in [5.41, 5.74) is 3.68. The van der Waals surface area contributed by atoms with E-state index in [0.717, 1.165) is 44.2 Å². The molecule has 0 aliphatic carbocycles. The Morgan fingerprint density at radius 3 is 1.55 bits per heavy atom. The topological polar surface area (TPSA) is 43.8 Å². The van der Waals surface area contributed by atoms with Gasteiger partial charge in [0, 0.05) is 23.2 Å². The predicted octanol–water partition coefficient (Wildman–Crippen LogP) is 5.70. The first-order valence-corrected chi connectivity index (χ1v) is 9.61. The average molecular weight is 378 g/mol. The second-order valence-electron chi connectivity index (χ2n) is 7.30. The number of benzene rings is 2. The summed E-state index contributed by atoms with van der Waals surface area (Å²) in [5.74, 6) is 1.16. The fourth-order valence-corrected chi connectivity index (χ4v) is 4.02. The average Bonchev–Trinajstić information content (AvgIpc) is 3.26. The minimum Gasteiger partial charge on any atom is -0.417 e. The highest BCUT2D eigenvalue weighted by Crippen LogP contribution is 2.32. The molecule has 140 valence electrons. The number of nitrogens with zero attached hydrogens (tertiary/aromatic N) is 4. The highest BCUT2D eigenvalue weighted by atomic mass is 16.5. The van der Waals surface area contributed by atoms with E-state index in [1.165, 1.54) is 0 Å². The number of aromatic nitrogens is 4. The summed E-state index contributed by atoms with van der Waals surface area (Å²) in [6.07, 6.45) is 4.08. The normalized spacial score (nSPS) is 11.8. The van der Waals surface area contributed by atoms with Gasteiger partial charge in [-0.15, -0.1) is 0 Å².